The lowest BCUT2D eigenvalue weighted by Gasteiger charge is -2.03. The number of hydrogen-bond donors (Lipinski definition) is 0. The number of hydrogen-bond acceptors (Lipinski definition) is 2. The molecule has 0 fully saturated rings. The second kappa shape index (κ2) is 6.42. The van der Waals surface area contributed by atoms with Crippen LogP contribution in [0.1, 0.15) is 11.1 Å². The van der Waals surface area contributed by atoms with E-state index in [1.54, 1.807) is 13.4 Å². The lowest BCUT2D eigenvalue weighted by molar-refractivity contribution is 0.337. The molecule has 0 unspecified atom stereocenters. The second-order valence-corrected chi connectivity index (χ2v) is 4.20. The Morgan fingerprint density at radius 3 is 2.11 bits per heavy atom. The van der Waals surface area contributed by atoms with Gasteiger partial charge in [0.05, 0.1) is 25.0 Å². The first-order chi connectivity index (χ1) is 9.33. The Morgan fingerprint density at radius 1 is 1.00 bits per heavy atom. The average molecular weight is 249 g/mol. The van der Waals surface area contributed by atoms with Gasteiger partial charge in [0.25, 0.3) is 0 Å². The second-order valence-electron chi connectivity index (χ2n) is 4.20. The van der Waals surface area contributed by atoms with Crippen LogP contribution < -0.4 is 0 Å². The maximum absolute atomic E-state index is 8.77. The monoisotopic (exact) mass is 249 g/mol. The van der Waals surface area contributed by atoms with Gasteiger partial charge >= 0.3 is 0 Å². The van der Waals surface area contributed by atoms with Gasteiger partial charge in [0.2, 0.25) is 0 Å². The van der Waals surface area contributed by atoms with E-state index in [0.29, 0.717) is 5.56 Å². The van der Waals surface area contributed by atoms with Gasteiger partial charge in [-0.25, -0.2) is 0 Å². The van der Waals surface area contributed by atoms with Gasteiger partial charge in [0.1, 0.15) is 0 Å². The van der Waals surface area contributed by atoms with Crippen LogP contribution in [-0.2, 0) is 11.2 Å². The number of allylic oxidation sites excluding steroid dienone is 1. The summed E-state index contributed by atoms with van der Waals surface area (Å²) in [5, 5.41) is 8.77. The lowest BCUT2D eigenvalue weighted by Crippen LogP contribution is -1.83. The van der Waals surface area contributed by atoms with Crippen LogP contribution in [0.25, 0.3) is 11.1 Å². The van der Waals surface area contributed by atoms with Crippen molar-refractivity contribution in [2.75, 3.05) is 7.11 Å². The van der Waals surface area contributed by atoms with Crippen molar-refractivity contribution in [1.82, 2.24) is 0 Å². The Labute approximate surface area is 113 Å². The van der Waals surface area contributed by atoms with Crippen LogP contribution >= 0.6 is 0 Å². The van der Waals surface area contributed by atoms with Crippen LogP contribution in [0.2, 0.25) is 0 Å². The molecule has 0 aliphatic rings. The minimum absolute atomic E-state index is 0.685. The van der Waals surface area contributed by atoms with E-state index in [2.05, 4.69) is 30.3 Å². The van der Waals surface area contributed by atoms with Crippen LogP contribution in [0.4, 0.5) is 0 Å². The van der Waals surface area contributed by atoms with E-state index in [1.165, 1.54) is 5.56 Å². The molecule has 2 nitrogen and oxygen atoms in total. The molecule has 0 N–H and O–H groups in total. The highest BCUT2D eigenvalue weighted by molar-refractivity contribution is 5.64. The first kappa shape index (κ1) is 12.9. The van der Waals surface area contributed by atoms with Gasteiger partial charge in [0.15, 0.2) is 0 Å². The Bertz CT molecular complexity index is 589. The highest BCUT2D eigenvalue weighted by atomic mass is 16.5. The minimum Gasteiger partial charge on any atom is -0.505 e. The summed E-state index contributed by atoms with van der Waals surface area (Å²) >= 11 is 0. The van der Waals surface area contributed by atoms with Crippen LogP contribution in [0.15, 0.2) is 60.9 Å². The SMILES string of the molecule is CO/C=C/Cc1ccc(-c2ccc(C#N)cc2)cc1. The third-order valence-corrected chi connectivity index (χ3v) is 2.89. The van der Waals surface area contributed by atoms with Gasteiger partial charge in [-0.2, -0.15) is 5.26 Å². The molecule has 0 aromatic heterocycles. The molecule has 0 heterocycles. The number of methoxy groups -OCH3 is 1. The lowest BCUT2D eigenvalue weighted by atomic mass is 10.0. The summed E-state index contributed by atoms with van der Waals surface area (Å²) in [4.78, 5) is 0. The van der Waals surface area contributed by atoms with Gasteiger partial charge in [-0.15, -0.1) is 0 Å². The quantitative estimate of drug-likeness (QED) is 0.769. The first-order valence-corrected chi connectivity index (χ1v) is 6.11. The summed E-state index contributed by atoms with van der Waals surface area (Å²) in [6.45, 7) is 0. The molecule has 2 rings (SSSR count). The number of benzene rings is 2. The molecular weight excluding hydrogens is 234 g/mol. The van der Waals surface area contributed by atoms with Crippen molar-refractivity contribution in [2.24, 2.45) is 0 Å². The molecular formula is C17H15NO. The summed E-state index contributed by atoms with van der Waals surface area (Å²) in [6.07, 6.45) is 4.53. The molecule has 0 atom stereocenters. The third-order valence-electron chi connectivity index (χ3n) is 2.89. The molecule has 0 spiro atoms. The standard InChI is InChI=1S/C17H15NO/c1-19-12-2-3-14-4-8-16(9-5-14)17-10-6-15(13-18)7-11-17/h2,4-12H,3H2,1H3/b12-2+. The van der Waals surface area contributed by atoms with Gasteiger partial charge < -0.3 is 4.74 Å². The van der Waals surface area contributed by atoms with Crippen molar-refractivity contribution < 1.29 is 4.74 Å². The van der Waals surface area contributed by atoms with Gasteiger partial charge in [-0.05, 0) is 41.3 Å². The summed E-state index contributed by atoms with van der Waals surface area (Å²) in [5.74, 6) is 0. The van der Waals surface area contributed by atoms with Crippen molar-refractivity contribution in [3.8, 4) is 17.2 Å². The summed E-state index contributed by atoms with van der Waals surface area (Å²) < 4.78 is 4.87. The highest BCUT2D eigenvalue weighted by Gasteiger charge is 1.98. The van der Waals surface area contributed by atoms with E-state index in [-0.39, 0.29) is 0 Å². The molecule has 0 amide bonds. The van der Waals surface area contributed by atoms with Crippen molar-refractivity contribution in [3.05, 3.63) is 72.0 Å². The van der Waals surface area contributed by atoms with Gasteiger partial charge in [-0.3, -0.25) is 0 Å². The molecule has 0 aliphatic heterocycles. The molecule has 0 saturated heterocycles. The number of nitriles is 1. The Morgan fingerprint density at radius 2 is 1.58 bits per heavy atom. The highest BCUT2D eigenvalue weighted by Crippen LogP contribution is 2.20. The zero-order valence-corrected chi connectivity index (χ0v) is 10.8. The molecule has 2 aromatic carbocycles. The molecule has 2 heteroatoms. The van der Waals surface area contributed by atoms with Crippen molar-refractivity contribution in [3.63, 3.8) is 0 Å². The Kier molecular flexibility index (Phi) is 4.36. The molecule has 0 bridgehead atoms. The third kappa shape index (κ3) is 3.46. The Hall–Kier alpha value is -2.53. The van der Waals surface area contributed by atoms with E-state index in [9.17, 15) is 0 Å². The van der Waals surface area contributed by atoms with Crippen LogP contribution in [0.3, 0.4) is 0 Å². The zero-order chi connectivity index (χ0) is 13.5. The smallest absolute Gasteiger partial charge is 0.0991 e. The maximum atomic E-state index is 8.77. The average Bonchev–Trinajstić information content (AvgIpc) is 2.48. The predicted octanol–water partition coefficient (Wildman–Crippen LogP) is 3.93. The molecule has 2 aromatic rings. The maximum Gasteiger partial charge on any atom is 0.0991 e. The summed E-state index contributed by atoms with van der Waals surface area (Å²) in [6, 6.07) is 18.1. The van der Waals surface area contributed by atoms with E-state index >= 15 is 0 Å². The summed E-state index contributed by atoms with van der Waals surface area (Å²) in [5.41, 5.74) is 4.21. The fourth-order valence-corrected chi connectivity index (χ4v) is 1.85. The molecule has 0 aliphatic carbocycles. The first-order valence-electron chi connectivity index (χ1n) is 6.11. The molecule has 94 valence electrons. The topological polar surface area (TPSA) is 33.0 Å². The fourth-order valence-electron chi connectivity index (χ4n) is 1.85. The van der Waals surface area contributed by atoms with Crippen LogP contribution in [0.5, 0.6) is 0 Å². The fraction of sp³-hybridized carbons (Fsp3) is 0.118. The van der Waals surface area contributed by atoms with Crippen molar-refractivity contribution in [2.45, 2.75) is 6.42 Å². The van der Waals surface area contributed by atoms with E-state index < -0.39 is 0 Å². The van der Waals surface area contributed by atoms with E-state index in [0.717, 1.165) is 17.5 Å². The predicted molar refractivity (Wildman–Crippen MR) is 76.4 cm³/mol. The van der Waals surface area contributed by atoms with Gasteiger partial charge in [0, 0.05) is 0 Å². The van der Waals surface area contributed by atoms with Gasteiger partial charge in [-0.1, -0.05) is 36.4 Å². The minimum atomic E-state index is 0.685. The summed E-state index contributed by atoms with van der Waals surface area (Å²) in [7, 11) is 1.64. The number of nitrogens with zero attached hydrogens (tertiary/aromatic N) is 1. The molecule has 19 heavy (non-hydrogen) atoms. The molecule has 0 saturated carbocycles. The zero-order valence-electron chi connectivity index (χ0n) is 10.8. The normalized spacial score (nSPS) is 10.3. The van der Waals surface area contributed by atoms with E-state index in [1.807, 2.05) is 30.3 Å². The Balaban J connectivity index is 2.13. The van der Waals surface area contributed by atoms with Crippen molar-refractivity contribution >= 4 is 0 Å². The number of rotatable bonds is 4. The van der Waals surface area contributed by atoms with Crippen LogP contribution in [0, 0.1) is 11.3 Å². The largest absolute Gasteiger partial charge is 0.505 e. The van der Waals surface area contributed by atoms with Crippen LogP contribution in [-0.4, -0.2) is 7.11 Å². The van der Waals surface area contributed by atoms with Crippen molar-refractivity contribution in [1.29, 1.82) is 5.26 Å². The van der Waals surface area contributed by atoms with E-state index in [4.69, 9.17) is 10.00 Å². The number of ether oxygens (including phenoxy) is 1. The molecule has 0 radical (unpaired) electrons.